The number of Topliss-reactive ketones (excluding diaryl/α,β-unsaturated/α-hetero) is 1. The lowest BCUT2D eigenvalue weighted by Crippen LogP contribution is -2.17. The third kappa shape index (κ3) is 5.24. The van der Waals surface area contributed by atoms with Gasteiger partial charge in [0.1, 0.15) is 0 Å². The van der Waals surface area contributed by atoms with Crippen LogP contribution in [0, 0.1) is 0 Å². The van der Waals surface area contributed by atoms with E-state index in [0.717, 1.165) is 29.5 Å². The topological polar surface area (TPSA) is 34.1 Å². The summed E-state index contributed by atoms with van der Waals surface area (Å²) in [5, 5.41) is 0. The third-order valence-corrected chi connectivity index (χ3v) is 6.30. The lowest BCUT2D eigenvalue weighted by Gasteiger charge is -2.25. The Labute approximate surface area is 192 Å². The molecule has 0 saturated carbocycles. The van der Waals surface area contributed by atoms with Crippen molar-refractivity contribution < 1.29 is 9.59 Å². The van der Waals surface area contributed by atoms with Crippen LogP contribution in [0.1, 0.15) is 90.9 Å². The van der Waals surface area contributed by atoms with Crippen LogP contribution in [0.5, 0.6) is 0 Å². The van der Waals surface area contributed by atoms with Gasteiger partial charge in [0.15, 0.2) is 11.6 Å². The summed E-state index contributed by atoms with van der Waals surface area (Å²) in [4.78, 5) is 23.7. The first-order chi connectivity index (χ1) is 15.0. The minimum atomic E-state index is 0.0752. The summed E-state index contributed by atoms with van der Waals surface area (Å²) in [6, 6.07) is 23.1. The van der Waals surface area contributed by atoms with Gasteiger partial charge in [-0.1, -0.05) is 101 Å². The van der Waals surface area contributed by atoms with Crippen LogP contribution in [0.25, 0.3) is 0 Å². The van der Waals surface area contributed by atoms with Crippen LogP contribution in [-0.2, 0) is 17.3 Å². The Balaban J connectivity index is 0.000000186. The van der Waals surface area contributed by atoms with Gasteiger partial charge < -0.3 is 0 Å². The molecule has 0 heterocycles. The van der Waals surface area contributed by atoms with E-state index in [1.165, 1.54) is 16.7 Å². The molecule has 0 fully saturated rings. The van der Waals surface area contributed by atoms with Crippen molar-refractivity contribution in [2.75, 3.05) is 0 Å². The first kappa shape index (κ1) is 23.7. The Morgan fingerprint density at radius 3 is 1.75 bits per heavy atom. The molecule has 4 rings (SSSR count). The van der Waals surface area contributed by atoms with Crippen LogP contribution in [0.4, 0.5) is 0 Å². The molecule has 0 bridgehead atoms. The maximum atomic E-state index is 11.9. The SMILES string of the molecule is CC(=O)c1cc(C(C)(C)C)cc2c1CCC2(C)C.O=C(c1ccccc1)c1ccccc1. The van der Waals surface area contributed by atoms with Gasteiger partial charge in [-0.2, -0.15) is 0 Å². The largest absolute Gasteiger partial charge is 0.295 e. The second-order valence-electron chi connectivity index (χ2n) is 10.3. The molecule has 0 radical (unpaired) electrons. The second kappa shape index (κ2) is 9.24. The van der Waals surface area contributed by atoms with E-state index in [0.29, 0.717) is 0 Å². The van der Waals surface area contributed by atoms with E-state index in [2.05, 4.69) is 46.8 Å². The van der Waals surface area contributed by atoms with Crippen LogP contribution in [0.3, 0.4) is 0 Å². The van der Waals surface area contributed by atoms with Gasteiger partial charge in [0.2, 0.25) is 0 Å². The highest BCUT2D eigenvalue weighted by Gasteiger charge is 2.33. The van der Waals surface area contributed by atoms with Crippen molar-refractivity contribution in [3.05, 3.63) is 106 Å². The Hall–Kier alpha value is -3.00. The third-order valence-electron chi connectivity index (χ3n) is 6.30. The molecule has 166 valence electrons. The maximum absolute atomic E-state index is 11.9. The Kier molecular flexibility index (Phi) is 6.83. The quantitative estimate of drug-likeness (QED) is 0.411. The van der Waals surface area contributed by atoms with E-state index in [-0.39, 0.29) is 22.4 Å². The molecule has 32 heavy (non-hydrogen) atoms. The average Bonchev–Trinajstić information content (AvgIpc) is 3.08. The summed E-state index contributed by atoms with van der Waals surface area (Å²) in [6.07, 6.45) is 2.19. The van der Waals surface area contributed by atoms with Gasteiger partial charge in [-0.3, -0.25) is 9.59 Å². The standard InChI is InChI=1S/C17H24O.C13H10O/c1-11(18)14-9-12(16(2,3)4)10-15-13(14)7-8-17(15,5)6;14-13(11-7-3-1-4-8-11)12-9-5-2-6-10-12/h9-10H,7-8H2,1-6H3;1-10H. The summed E-state index contributed by atoms with van der Waals surface area (Å²) >= 11 is 0. The number of benzene rings is 3. The number of carbonyl (C=O) groups excluding carboxylic acids is 2. The van der Waals surface area contributed by atoms with Gasteiger partial charge >= 0.3 is 0 Å². The predicted molar refractivity (Wildman–Crippen MR) is 133 cm³/mol. The Morgan fingerprint density at radius 1 is 0.812 bits per heavy atom. The molecule has 3 aromatic carbocycles. The molecular formula is C30H34O2. The number of hydrogen-bond acceptors (Lipinski definition) is 2. The van der Waals surface area contributed by atoms with Gasteiger partial charge in [0, 0.05) is 16.7 Å². The van der Waals surface area contributed by atoms with Crippen LogP contribution in [0.2, 0.25) is 0 Å². The van der Waals surface area contributed by atoms with Crippen LogP contribution >= 0.6 is 0 Å². The molecule has 3 aromatic rings. The normalized spacial score (nSPS) is 14.2. The molecule has 0 N–H and O–H groups in total. The molecule has 0 aromatic heterocycles. The molecule has 1 aliphatic carbocycles. The molecule has 0 atom stereocenters. The second-order valence-corrected chi connectivity index (χ2v) is 10.3. The van der Waals surface area contributed by atoms with E-state index in [1.807, 2.05) is 60.7 Å². The minimum Gasteiger partial charge on any atom is -0.295 e. The minimum absolute atomic E-state index is 0.0752. The highest BCUT2D eigenvalue weighted by Crippen LogP contribution is 2.42. The van der Waals surface area contributed by atoms with Crippen LogP contribution in [0.15, 0.2) is 72.8 Å². The first-order valence-electron chi connectivity index (χ1n) is 11.3. The Bertz CT molecular complexity index is 1060. The van der Waals surface area contributed by atoms with Gasteiger partial charge in [0.25, 0.3) is 0 Å². The van der Waals surface area contributed by atoms with Crippen molar-refractivity contribution in [2.45, 2.75) is 65.2 Å². The van der Waals surface area contributed by atoms with Crippen molar-refractivity contribution in [3.63, 3.8) is 0 Å². The van der Waals surface area contributed by atoms with E-state index in [1.54, 1.807) is 6.92 Å². The fourth-order valence-corrected chi connectivity index (χ4v) is 4.21. The zero-order valence-electron chi connectivity index (χ0n) is 20.2. The van der Waals surface area contributed by atoms with Crippen molar-refractivity contribution in [1.82, 2.24) is 0 Å². The monoisotopic (exact) mass is 426 g/mol. The zero-order valence-corrected chi connectivity index (χ0v) is 20.2. The van der Waals surface area contributed by atoms with Crippen molar-refractivity contribution in [1.29, 1.82) is 0 Å². The smallest absolute Gasteiger partial charge is 0.193 e. The maximum Gasteiger partial charge on any atom is 0.193 e. The van der Waals surface area contributed by atoms with Gasteiger partial charge in [-0.05, 0) is 53.4 Å². The Morgan fingerprint density at radius 2 is 1.31 bits per heavy atom. The van der Waals surface area contributed by atoms with E-state index < -0.39 is 0 Å². The van der Waals surface area contributed by atoms with Crippen LogP contribution in [-0.4, -0.2) is 11.6 Å². The average molecular weight is 427 g/mol. The molecule has 0 amide bonds. The molecule has 1 aliphatic rings. The molecule has 0 aliphatic heterocycles. The lowest BCUT2D eigenvalue weighted by atomic mass is 9.79. The number of rotatable bonds is 3. The molecule has 0 spiro atoms. The fourth-order valence-electron chi connectivity index (χ4n) is 4.21. The summed E-state index contributed by atoms with van der Waals surface area (Å²) < 4.78 is 0. The van der Waals surface area contributed by atoms with Crippen molar-refractivity contribution in [3.8, 4) is 0 Å². The predicted octanol–water partition coefficient (Wildman–Crippen LogP) is 7.33. The molecule has 0 saturated heterocycles. The molecule has 2 heteroatoms. The van der Waals surface area contributed by atoms with Gasteiger partial charge in [-0.25, -0.2) is 0 Å². The zero-order chi connectivity index (χ0) is 23.5. The van der Waals surface area contributed by atoms with Gasteiger partial charge in [0.05, 0.1) is 0 Å². The van der Waals surface area contributed by atoms with E-state index in [4.69, 9.17) is 0 Å². The summed E-state index contributed by atoms with van der Waals surface area (Å²) in [6.45, 7) is 12.9. The first-order valence-corrected chi connectivity index (χ1v) is 11.3. The van der Waals surface area contributed by atoms with Crippen LogP contribution < -0.4 is 0 Å². The fraction of sp³-hybridized carbons (Fsp3) is 0.333. The number of ketones is 2. The summed E-state index contributed by atoms with van der Waals surface area (Å²) in [5.41, 5.74) is 6.68. The highest BCUT2D eigenvalue weighted by molar-refractivity contribution is 6.08. The van der Waals surface area contributed by atoms with E-state index in [9.17, 15) is 9.59 Å². The summed E-state index contributed by atoms with van der Waals surface area (Å²) in [5.74, 6) is 0.279. The number of carbonyl (C=O) groups is 2. The van der Waals surface area contributed by atoms with Gasteiger partial charge in [-0.15, -0.1) is 0 Å². The lowest BCUT2D eigenvalue weighted by molar-refractivity contribution is 0.101. The van der Waals surface area contributed by atoms with Crippen molar-refractivity contribution in [2.24, 2.45) is 0 Å². The number of fused-ring (bicyclic) bond motifs is 1. The van der Waals surface area contributed by atoms with Crippen molar-refractivity contribution >= 4 is 11.6 Å². The molecule has 0 unspecified atom stereocenters. The number of hydrogen-bond donors (Lipinski definition) is 0. The highest BCUT2D eigenvalue weighted by atomic mass is 16.1. The molecular weight excluding hydrogens is 392 g/mol. The van der Waals surface area contributed by atoms with E-state index >= 15 is 0 Å². The summed E-state index contributed by atoms with van der Waals surface area (Å²) in [7, 11) is 0. The molecule has 2 nitrogen and oxygen atoms in total.